The Balaban J connectivity index is 1.61. The summed E-state index contributed by atoms with van der Waals surface area (Å²) in [5, 5.41) is 3.08. The predicted molar refractivity (Wildman–Crippen MR) is 207 cm³/mol. The van der Waals surface area contributed by atoms with Crippen LogP contribution >= 0.6 is 0 Å². The number of benzene rings is 5. The number of carbonyl (C=O) groups excluding carboxylic acids is 2. The molecule has 0 aliphatic carbocycles. The molecular formula is C43H48O5Si2. The fourth-order valence-corrected chi connectivity index (χ4v) is 15.9. The summed E-state index contributed by atoms with van der Waals surface area (Å²) in [6.07, 6.45) is -1.53. The molecule has 0 heterocycles. The third-order valence-corrected chi connectivity index (χ3v) is 19.2. The summed E-state index contributed by atoms with van der Waals surface area (Å²) in [5.74, 6) is -1.10. The van der Waals surface area contributed by atoms with Crippen molar-refractivity contribution in [2.75, 3.05) is 0 Å². The maximum absolute atomic E-state index is 14.6. The molecule has 0 radical (unpaired) electrons. The van der Waals surface area contributed by atoms with Gasteiger partial charge in [0.05, 0.1) is 6.42 Å². The highest BCUT2D eigenvalue weighted by Crippen LogP contribution is 2.39. The van der Waals surface area contributed by atoms with Crippen LogP contribution in [0.15, 0.2) is 152 Å². The Labute approximate surface area is 299 Å². The molecule has 0 aromatic heterocycles. The highest BCUT2D eigenvalue weighted by Gasteiger charge is 2.55. The SMILES string of the molecule is CC(C)(C)[Si](OC(=O)C[C@H](O[Si](c1ccccc1)(c1ccccc1)C(C)(C)C)C(=O)OCc1ccccc1)(c1ccccc1)c1ccccc1. The lowest BCUT2D eigenvalue weighted by Gasteiger charge is -2.45. The van der Waals surface area contributed by atoms with E-state index in [1.54, 1.807) is 0 Å². The number of carbonyl (C=O) groups is 2. The lowest BCUT2D eigenvalue weighted by molar-refractivity contribution is -0.157. The van der Waals surface area contributed by atoms with E-state index < -0.39 is 44.8 Å². The van der Waals surface area contributed by atoms with Crippen LogP contribution in [-0.2, 0) is 29.8 Å². The first-order valence-electron chi connectivity index (χ1n) is 17.2. The first kappa shape index (κ1) is 36.7. The van der Waals surface area contributed by atoms with Gasteiger partial charge < -0.3 is 13.6 Å². The molecule has 7 heteroatoms. The summed E-state index contributed by atoms with van der Waals surface area (Å²) < 4.78 is 20.1. The quantitative estimate of drug-likeness (QED) is 0.102. The maximum atomic E-state index is 14.6. The molecule has 0 saturated heterocycles. The van der Waals surface area contributed by atoms with E-state index in [9.17, 15) is 9.59 Å². The summed E-state index contributed by atoms with van der Waals surface area (Å²) in [6.45, 7) is 12.9. The van der Waals surface area contributed by atoms with Gasteiger partial charge in [0, 0.05) is 0 Å². The number of esters is 1. The first-order valence-corrected chi connectivity index (χ1v) is 21.0. The molecule has 0 saturated carbocycles. The van der Waals surface area contributed by atoms with Gasteiger partial charge in [0.2, 0.25) is 0 Å². The molecule has 0 fully saturated rings. The van der Waals surface area contributed by atoms with E-state index in [4.69, 9.17) is 13.6 Å². The number of ether oxygens (including phenoxy) is 1. The van der Waals surface area contributed by atoms with Crippen LogP contribution in [0.3, 0.4) is 0 Å². The summed E-state index contributed by atoms with van der Waals surface area (Å²) in [4.78, 5) is 28.9. The monoisotopic (exact) mass is 700 g/mol. The average Bonchev–Trinajstić information content (AvgIpc) is 3.12. The summed E-state index contributed by atoms with van der Waals surface area (Å²) in [6, 6.07) is 49.8. The Morgan fingerprint density at radius 1 is 0.520 bits per heavy atom. The van der Waals surface area contributed by atoms with E-state index in [0.717, 1.165) is 26.3 Å². The largest absolute Gasteiger partial charge is 0.509 e. The zero-order chi connectivity index (χ0) is 35.8. The van der Waals surface area contributed by atoms with Gasteiger partial charge in [-0.3, -0.25) is 4.79 Å². The molecule has 0 spiro atoms. The van der Waals surface area contributed by atoms with Gasteiger partial charge in [0.1, 0.15) is 6.61 Å². The molecule has 5 nitrogen and oxygen atoms in total. The van der Waals surface area contributed by atoms with Crippen LogP contribution in [0.1, 0.15) is 53.5 Å². The summed E-state index contributed by atoms with van der Waals surface area (Å²) in [5.41, 5.74) is 0.847. The van der Waals surface area contributed by atoms with Crippen LogP contribution in [0.5, 0.6) is 0 Å². The van der Waals surface area contributed by atoms with Gasteiger partial charge in [0.15, 0.2) is 6.10 Å². The second-order valence-electron chi connectivity index (χ2n) is 14.7. The van der Waals surface area contributed by atoms with Crippen LogP contribution in [0.25, 0.3) is 0 Å². The van der Waals surface area contributed by atoms with Gasteiger partial charge in [-0.15, -0.1) is 0 Å². The van der Waals surface area contributed by atoms with Crippen molar-refractivity contribution in [1.82, 2.24) is 0 Å². The molecule has 5 rings (SSSR count). The lowest BCUT2D eigenvalue weighted by Crippen LogP contribution is -2.69. The van der Waals surface area contributed by atoms with Crippen LogP contribution in [0.2, 0.25) is 10.1 Å². The zero-order valence-electron chi connectivity index (χ0n) is 30.0. The van der Waals surface area contributed by atoms with Crippen LogP contribution in [0, 0.1) is 0 Å². The summed E-state index contributed by atoms with van der Waals surface area (Å²) in [7, 11) is -6.52. The van der Waals surface area contributed by atoms with Gasteiger partial charge in [-0.25, -0.2) is 4.79 Å². The minimum atomic E-state index is -3.27. The standard InChI is InChI=1S/C43H48O5Si2/c1-42(2,3)49(35-24-14-8-15-25-35,36-26-16-9-17-27-36)47-39(41(45)46-33-34-22-12-7-13-23-34)32-40(44)48-50(43(4,5)6,37-28-18-10-19-29-37)38-30-20-11-21-31-38/h7-31,39H,32-33H2,1-6H3/t39-/m0/s1. The van der Waals surface area contributed by atoms with Gasteiger partial charge in [-0.05, 0) is 36.4 Å². The molecule has 0 bridgehead atoms. The first-order chi connectivity index (χ1) is 23.9. The molecule has 5 aromatic carbocycles. The number of hydrogen-bond donors (Lipinski definition) is 0. The molecule has 0 N–H and O–H groups in total. The Kier molecular flexibility index (Phi) is 11.4. The van der Waals surface area contributed by atoms with Gasteiger partial charge in [-0.2, -0.15) is 0 Å². The average molecular weight is 701 g/mol. The van der Waals surface area contributed by atoms with Crippen molar-refractivity contribution < 1.29 is 23.2 Å². The highest BCUT2D eigenvalue weighted by molar-refractivity contribution is 7.00. The number of hydrogen-bond acceptors (Lipinski definition) is 5. The summed E-state index contributed by atoms with van der Waals surface area (Å²) >= 11 is 0. The van der Waals surface area contributed by atoms with Gasteiger partial charge in [0.25, 0.3) is 14.3 Å². The third-order valence-electron chi connectivity index (χ3n) is 9.26. The van der Waals surface area contributed by atoms with Crippen molar-refractivity contribution in [2.24, 2.45) is 0 Å². The minimum Gasteiger partial charge on any atom is -0.509 e. The molecule has 0 unspecified atom stereocenters. The Bertz CT molecular complexity index is 1740. The van der Waals surface area contributed by atoms with Crippen molar-refractivity contribution >= 4 is 49.3 Å². The predicted octanol–water partition coefficient (Wildman–Crippen LogP) is 7.17. The fraction of sp³-hybridized carbons (Fsp3) is 0.256. The fourth-order valence-electron chi connectivity index (χ4n) is 6.91. The minimum absolute atomic E-state index is 0.0596. The van der Waals surface area contributed by atoms with Crippen molar-refractivity contribution in [3.05, 3.63) is 157 Å². The molecule has 50 heavy (non-hydrogen) atoms. The number of rotatable bonds is 12. The Morgan fingerprint density at radius 3 is 1.22 bits per heavy atom. The Hall–Kier alpha value is -4.57. The molecular weight excluding hydrogens is 653 g/mol. The molecule has 0 aliphatic heterocycles. The topological polar surface area (TPSA) is 61.8 Å². The van der Waals surface area contributed by atoms with Crippen molar-refractivity contribution in [3.8, 4) is 0 Å². The third kappa shape index (κ3) is 7.75. The zero-order valence-corrected chi connectivity index (χ0v) is 32.0. The van der Waals surface area contributed by atoms with Gasteiger partial charge in [-0.1, -0.05) is 193 Å². The van der Waals surface area contributed by atoms with Crippen molar-refractivity contribution in [1.29, 1.82) is 0 Å². The van der Waals surface area contributed by atoms with Gasteiger partial charge >= 0.3 is 14.3 Å². The van der Waals surface area contributed by atoms with E-state index in [1.807, 2.05) is 127 Å². The lowest BCUT2D eigenvalue weighted by atomic mass is 10.2. The van der Waals surface area contributed by atoms with E-state index >= 15 is 0 Å². The maximum Gasteiger partial charge on any atom is 0.334 e. The van der Waals surface area contributed by atoms with E-state index in [1.165, 1.54) is 0 Å². The normalized spacial score (nSPS) is 12.9. The van der Waals surface area contributed by atoms with Crippen molar-refractivity contribution in [3.63, 3.8) is 0 Å². The van der Waals surface area contributed by atoms with Crippen LogP contribution < -0.4 is 20.7 Å². The second-order valence-corrected chi connectivity index (χ2v) is 23.2. The molecule has 0 aliphatic rings. The Morgan fingerprint density at radius 2 is 0.860 bits per heavy atom. The second kappa shape index (κ2) is 15.5. The van der Waals surface area contributed by atoms with Crippen LogP contribution in [-0.4, -0.2) is 34.7 Å². The van der Waals surface area contributed by atoms with Crippen molar-refractivity contribution in [2.45, 2.75) is 70.8 Å². The highest BCUT2D eigenvalue weighted by atomic mass is 28.4. The van der Waals surface area contributed by atoms with E-state index in [2.05, 4.69) is 65.8 Å². The molecule has 258 valence electrons. The smallest absolute Gasteiger partial charge is 0.334 e. The molecule has 5 aromatic rings. The van der Waals surface area contributed by atoms with E-state index in [-0.39, 0.29) is 13.0 Å². The van der Waals surface area contributed by atoms with Crippen LogP contribution in [0.4, 0.5) is 0 Å². The molecule has 1 atom stereocenters. The molecule has 0 amide bonds. The van der Waals surface area contributed by atoms with E-state index in [0.29, 0.717) is 0 Å².